The van der Waals surface area contributed by atoms with E-state index in [-0.39, 0.29) is 0 Å². The molecule has 13 heavy (non-hydrogen) atoms. The third kappa shape index (κ3) is 2.25. The van der Waals surface area contributed by atoms with Crippen molar-refractivity contribution >= 4 is 11.3 Å². The first kappa shape index (κ1) is 9.09. The molecule has 1 aliphatic rings. The van der Waals surface area contributed by atoms with Crippen molar-refractivity contribution in [2.24, 2.45) is 5.92 Å². The maximum absolute atomic E-state index is 4.13. The summed E-state index contributed by atoms with van der Waals surface area (Å²) in [6.07, 6.45) is 1.33. The highest BCUT2D eigenvalue weighted by atomic mass is 32.1. The van der Waals surface area contributed by atoms with Gasteiger partial charge in [-0.15, -0.1) is 21.5 Å². The molecule has 1 unspecified atom stereocenters. The van der Waals surface area contributed by atoms with Gasteiger partial charge in [-0.3, -0.25) is 4.90 Å². The zero-order valence-corrected chi connectivity index (χ0v) is 8.97. The Balaban J connectivity index is 1.91. The van der Waals surface area contributed by atoms with Gasteiger partial charge in [-0.2, -0.15) is 0 Å². The van der Waals surface area contributed by atoms with Crippen LogP contribution in [0.15, 0.2) is 0 Å². The summed E-state index contributed by atoms with van der Waals surface area (Å²) in [5, 5.41) is 10.4. The molecule has 1 aromatic rings. The summed E-state index contributed by atoms with van der Waals surface area (Å²) in [5.41, 5.74) is 0. The van der Waals surface area contributed by atoms with E-state index in [0.717, 1.165) is 22.5 Å². The molecule has 1 atom stereocenters. The van der Waals surface area contributed by atoms with Gasteiger partial charge < -0.3 is 0 Å². The third-order valence-electron chi connectivity index (χ3n) is 2.43. The van der Waals surface area contributed by atoms with Gasteiger partial charge in [0.15, 0.2) is 0 Å². The highest BCUT2D eigenvalue weighted by molar-refractivity contribution is 7.11. The molecule has 2 heterocycles. The lowest BCUT2D eigenvalue weighted by molar-refractivity contribution is 0.319. The van der Waals surface area contributed by atoms with Crippen molar-refractivity contribution in [3.05, 3.63) is 10.0 Å². The first-order chi connectivity index (χ1) is 6.24. The maximum atomic E-state index is 4.13. The Hall–Kier alpha value is -0.480. The van der Waals surface area contributed by atoms with Crippen molar-refractivity contribution in [1.29, 1.82) is 0 Å². The standard InChI is InChI=1S/C9H15N3S/c1-7-3-4-12(5-7)6-9-11-10-8(2)13-9/h7H,3-6H2,1-2H3. The number of hydrogen-bond donors (Lipinski definition) is 0. The largest absolute Gasteiger partial charge is 0.296 e. The monoisotopic (exact) mass is 197 g/mol. The molecule has 0 radical (unpaired) electrons. The predicted molar refractivity (Wildman–Crippen MR) is 53.7 cm³/mol. The second-order valence-electron chi connectivity index (χ2n) is 3.84. The van der Waals surface area contributed by atoms with E-state index in [0.29, 0.717) is 0 Å². The van der Waals surface area contributed by atoms with Gasteiger partial charge in [0.1, 0.15) is 10.0 Å². The van der Waals surface area contributed by atoms with Crippen molar-refractivity contribution < 1.29 is 0 Å². The van der Waals surface area contributed by atoms with Crippen LogP contribution in [-0.2, 0) is 6.54 Å². The summed E-state index contributed by atoms with van der Waals surface area (Å²) in [4.78, 5) is 2.46. The predicted octanol–water partition coefficient (Wildman–Crippen LogP) is 1.69. The zero-order valence-electron chi connectivity index (χ0n) is 8.16. The SMILES string of the molecule is Cc1nnc(CN2CCC(C)C2)s1. The van der Waals surface area contributed by atoms with Gasteiger partial charge in [0, 0.05) is 6.54 Å². The van der Waals surface area contributed by atoms with Gasteiger partial charge in [0.05, 0.1) is 6.54 Å². The van der Waals surface area contributed by atoms with E-state index in [1.807, 2.05) is 6.92 Å². The number of nitrogens with zero attached hydrogens (tertiary/aromatic N) is 3. The Kier molecular flexibility index (Phi) is 2.60. The van der Waals surface area contributed by atoms with E-state index in [2.05, 4.69) is 22.0 Å². The van der Waals surface area contributed by atoms with Gasteiger partial charge in [-0.1, -0.05) is 6.92 Å². The van der Waals surface area contributed by atoms with Crippen molar-refractivity contribution in [2.45, 2.75) is 26.8 Å². The number of likely N-dealkylation sites (tertiary alicyclic amines) is 1. The van der Waals surface area contributed by atoms with Crippen molar-refractivity contribution in [3.63, 3.8) is 0 Å². The molecule has 1 aliphatic heterocycles. The maximum Gasteiger partial charge on any atom is 0.131 e. The van der Waals surface area contributed by atoms with Crippen LogP contribution in [0.3, 0.4) is 0 Å². The second-order valence-corrected chi connectivity index (χ2v) is 5.11. The Labute approximate surface area is 82.8 Å². The summed E-state index contributed by atoms with van der Waals surface area (Å²) in [6.45, 7) is 7.76. The third-order valence-corrected chi connectivity index (χ3v) is 3.26. The summed E-state index contributed by atoms with van der Waals surface area (Å²) < 4.78 is 0. The molecule has 1 aromatic heterocycles. The molecule has 4 heteroatoms. The lowest BCUT2D eigenvalue weighted by Gasteiger charge is -2.11. The molecule has 1 saturated heterocycles. The van der Waals surface area contributed by atoms with Gasteiger partial charge in [-0.25, -0.2) is 0 Å². The van der Waals surface area contributed by atoms with Crippen LogP contribution in [0.1, 0.15) is 23.4 Å². The number of hydrogen-bond acceptors (Lipinski definition) is 4. The fourth-order valence-electron chi connectivity index (χ4n) is 1.76. The molecule has 0 spiro atoms. The number of rotatable bonds is 2. The first-order valence-electron chi connectivity index (χ1n) is 4.75. The molecule has 2 rings (SSSR count). The van der Waals surface area contributed by atoms with E-state index in [9.17, 15) is 0 Å². The van der Waals surface area contributed by atoms with Gasteiger partial charge in [0.2, 0.25) is 0 Å². The van der Waals surface area contributed by atoms with E-state index >= 15 is 0 Å². The molecular formula is C9H15N3S. The van der Waals surface area contributed by atoms with Crippen LogP contribution < -0.4 is 0 Å². The molecule has 72 valence electrons. The van der Waals surface area contributed by atoms with Gasteiger partial charge in [0.25, 0.3) is 0 Å². The molecule has 0 bridgehead atoms. The normalized spacial score (nSPS) is 24.0. The molecule has 0 N–H and O–H groups in total. The minimum Gasteiger partial charge on any atom is -0.296 e. The molecule has 0 aromatic carbocycles. The Morgan fingerprint density at radius 1 is 1.54 bits per heavy atom. The summed E-state index contributed by atoms with van der Waals surface area (Å²) >= 11 is 1.71. The van der Waals surface area contributed by atoms with Crippen LogP contribution in [-0.4, -0.2) is 28.2 Å². The van der Waals surface area contributed by atoms with Crippen LogP contribution in [0.5, 0.6) is 0 Å². The first-order valence-corrected chi connectivity index (χ1v) is 5.57. The molecule has 3 nitrogen and oxygen atoms in total. The van der Waals surface area contributed by atoms with E-state index in [4.69, 9.17) is 0 Å². The van der Waals surface area contributed by atoms with Gasteiger partial charge >= 0.3 is 0 Å². The quantitative estimate of drug-likeness (QED) is 0.722. The topological polar surface area (TPSA) is 29.0 Å². The Morgan fingerprint density at radius 3 is 2.92 bits per heavy atom. The highest BCUT2D eigenvalue weighted by Gasteiger charge is 2.19. The van der Waals surface area contributed by atoms with Crippen LogP contribution >= 0.6 is 11.3 Å². The van der Waals surface area contributed by atoms with Crippen LogP contribution in [0, 0.1) is 12.8 Å². The minimum atomic E-state index is 0.856. The Morgan fingerprint density at radius 2 is 2.38 bits per heavy atom. The minimum absolute atomic E-state index is 0.856. The second kappa shape index (κ2) is 3.72. The van der Waals surface area contributed by atoms with Gasteiger partial charge in [-0.05, 0) is 25.8 Å². The van der Waals surface area contributed by atoms with E-state index in [1.54, 1.807) is 11.3 Å². The molecule has 0 amide bonds. The zero-order chi connectivity index (χ0) is 9.26. The molecule has 0 aliphatic carbocycles. The lowest BCUT2D eigenvalue weighted by Crippen LogP contribution is -2.19. The van der Waals surface area contributed by atoms with Crippen LogP contribution in [0.4, 0.5) is 0 Å². The van der Waals surface area contributed by atoms with E-state index < -0.39 is 0 Å². The number of aryl methyl sites for hydroxylation is 1. The highest BCUT2D eigenvalue weighted by Crippen LogP contribution is 2.18. The fourth-order valence-corrected chi connectivity index (χ4v) is 2.51. The lowest BCUT2D eigenvalue weighted by atomic mass is 10.2. The summed E-state index contributed by atoms with van der Waals surface area (Å²) in [7, 11) is 0. The average molecular weight is 197 g/mol. The Bertz CT molecular complexity index is 284. The number of aromatic nitrogens is 2. The van der Waals surface area contributed by atoms with Crippen LogP contribution in [0.2, 0.25) is 0 Å². The van der Waals surface area contributed by atoms with Crippen LogP contribution in [0.25, 0.3) is 0 Å². The summed E-state index contributed by atoms with van der Waals surface area (Å²) in [6, 6.07) is 0. The molecule has 1 fully saturated rings. The van der Waals surface area contributed by atoms with Crippen molar-refractivity contribution in [2.75, 3.05) is 13.1 Å². The summed E-state index contributed by atoms with van der Waals surface area (Å²) in [5.74, 6) is 0.856. The van der Waals surface area contributed by atoms with Crippen molar-refractivity contribution in [3.8, 4) is 0 Å². The fraction of sp³-hybridized carbons (Fsp3) is 0.778. The molecular weight excluding hydrogens is 182 g/mol. The smallest absolute Gasteiger partial charge is 0.131 e. The molecule has 0 saturated carbocycles. The van der Waals surface area contributed by atoms with Crippen molar-refractivity contribution in [1.82, 2.24) is 15.1 Å². The van der Waals surface area contributed by atoms with E-state index in [1.165, 1.54) is 19.5 Å². The average Bonchev–Trinajstić information content (AvgIpc) is 2.62.